The zero-order chi connectivity index (χ0) is 11.8. The fourth-order valence-corrected chi connectivity index (χ4v) is 2.75. The summed E-state index contributed by atoms with van der Waals surface area (Å²) in [7, 11) is -0.816. The summed E-state index contributed by atoms with van der Waals surface area (Å²) < 4.78 is 1.12. The highest BCUT2D eigenvalue weighted by Crippen LogP contribution is 2.41. The van der Waals surface area contributed by atoms with Gasteiger partial charge in [0.1, 0.15) is 0 Å². The van der Waals surface area contributed by atoms with Crippen LogP contribution in [0.15, 0.2) is 42.5 Å². The molecular formula is C14H16S2. The van der Waals surface area contributed by atoms with E-state index in [-0.39, 0.29) is 0 Å². The minimum Gasteiger partial charge on any atom is -0.213 e. The third-order valence-electron chi connectivity index (χ3n) is 2.57. The smallest absolute Gasteiger partial charge is 0.0608 e. The van der Waals surface area contributed by atoms with Crippen LogP contribution in [0.3, 0.4) is 0 Å². The van der Waals surface area contributed by atoms with E-state index in [1.54, 1.807) is 0 Å². The van der Waals surface area contributed by atoms with Crippen LogP contribution in [0.4, 0.5) is 0 Å². The maximum absolute atomic E-state index is 5.62. The standard InChI is InChI=1S/C14H16S2/c1-16(2,3)14(15)13-10-6-8-11-7-4-5-9-12(11)13/h4-10H,1-3H3. The highest BCUT2D eigenvalue weighted by atomic mass is 32.3. The lowest BCUT2D eigenvalue weighted by molar-refractivity contribution is 1.73. The predicted octanol–water partition coefficient (Wildman–Crippen LogP) is 4.21. The molecule has 0 aliphatic carbocycles. The molecule has 0 N–H and O–H groups in total. The lowest BCUT2D eigenvalue weighted by Crippen LogP contribution is -2.07. The van der Waals surface area contributed by atoms with Crippen LogP contribution in [0.5, 0.6) is 0 Å². The first-order valence-electron chi connectivity index (χ1n) is 5.20. The first kappa shape index (κ1) is 11.6. The molecule has 2 aromatic rings. The number of hydrogen-bond donors (Lipinski definition) is 0. The average molecular weight is 248 g/mol. The first-order valence-corrected chi connectivity index (χ1v) is 8.47. The second-order valence-electron chi connectivity index (χ2n) is 4.65. The van der Waals surface area contributed by atoms with Gasteiger partial charge in [-0.25, -0.2) is 10.0 Å². The van der Waals surface area contributed by atoms with Crippen molar-refractivity contribution < 1.29 is 0 Å². The van der Waals surface area contributed by atoms with Gasteiger partial charge in [-0.05, 0) is 29.5 Å². The van der Waals surface area contributed by atoms with Crippen molar-refractivity contribution in [3.05, 3.63) is 48.0 Å². The Balaban J connectivity index is 2.66. The largest absolute Gasteiger partial charge is 0.213 e. The van der Waals surface area contributed by atoms with Gasteiger partial charge in [0.05, 0.1) is 4.20 Å². The maximum atomic E-state index is 5.62. The fourth-order valence-electron chi connectivity index (χ4n) is 1.73. The molecule has 16 heavy (non-hydrogen) atoms. The quantitative estimate of drug-likeness (QED) is 0.681. The number of hydrogen-bond acceptors (Lipinski definition) is 1. The van der Waals surface area contributed by atoms with Gasteiger partial charge in [-0.1, -0.05) is 54.7 Å². The molecule has 0 aliphatic rings. The minimum absolute atomic E-state index is 0.816. The van der Waals surface area contributed by atoms with Crippen LogP contribution < -0.4 is 0 Å². The SMILES string of the molecule is CS(C)(C)C(=S)c1cccc2ccccc12. The molecular weight excluding hydrogens is 232 g/mol. The fraction of sp³-hybridized carbons (Fsp3) is 0.214. The Bertz CT molecular complexity index is 530. The number of benzene rings is 2. The summed E-state index contributed by atoms with van der Waals surface area (Å²) in [5.74, 6) is 0. The van der Waals surface area contributed by atoms with E-state index in [4.69, 9.17) is 12.2 Å². The molecule has 0 radical (unpaired) electrons. The maximum Gasteiger partial charge on any atom is 0.0608 e. The van der Waals surface area contributed by atoms with Gasteiger partial charge in [-0.2, -0.15) is 0 Å². The zero-order valence-corrected chi connectivity index (χ0v) is 11.5. The van der Waals surface area contributed by atoms with E-state index in [1.165, 1.54) is 16.3 Å². The van der Waals surface area contributed by atoms with Crippen LogP contribution in [0.1, 0.15) is 5.56 Å². The van der Waals surface area contributed by atoms with Crippen LogP contribution in [0, 0.1) is 0 Å². The summed E-state index contributed by atoms with van der Waals surface area (Å²) in [4.78, 5) is 0. The summed E-state index contributed by atoms with van der Waals surface area (Å²) in [6, 6.07) is 14.8. The molecule has 0 heterocycles. The Morgan fingerprint density at radius 3 is 2.25 bits per heavy atom. The molecule has 84 valence electrons. The van der Waals surface area contributed by atoms with Gasteiger partial charge in [0.25, 0.3) is 0 Å². The second-order valence-corrected chi connectivity index (χ2v) is 9.40. The van der Waals surface area contributed by atoms with Gasteiger partial charge in [-0.3, -0.25) is 0 Å². The van der Waals surface area contributed by atoms with Crippen LogP contribution >= 0.6 is 22.2 Å². The van der Waals surface area contributed by atoms with E-state index in [0.29, 0.717) is 0 Å². The van der Waals surface area contributed by atoms with Crippen LogP contribution in [-0.4, -0.2) is 23.0 Å². The van der Waals surface area contributed by atoms with Crippen LogP contribution in [0.25, 0.3) is 10.8 Å². The summed E-state index contributed by atoms with van der Waals surface area (Å²) in [6.07, 6.45) is 6.74. The van der Waals surface area contributed by atoms with Crippen molar-refractivity contribution in [3.8, 4) is 0 Å². The molecule has 0 atom stereocenters. The normalized spacial score (nSPS) is 12.7. The predicted molar refractivity (Wildman–Crippen MR) is 81.0 cm³/mol. The van der Waals surface area contributed by atoms with Crippen molar-refractivity contribution in [2.75, 3.05) is 18.8 Å². The lowest BCUT2D eigenvalue weighted by atomic mass is 10.1. The molecule has 0 aromatic heterocycles. The molecule has 2 rings (SSSR count). The highest BCUT2D eigenvalue weighted by Gasteiger charge is 2.15. The Morgan fingerprint density at radius 1 is 0.938 bits per heavy atom. The van der Waals surface area contributed by atoms with Crippen molar-refractivity contribution in [3.63, 3.8) is 0 Å². The van der Waals surface area contributed by atoms with Gasteiger partial charge in [0.2, 0.25) is 0 Å². The van der Waals surface area contributed by atoms with Gasteiger partial charge >= 0.3 is 0 Å². The molecule has 2 heteroatoms. The van der Waals surface area contributed by atoms with Crippen molar-refractivity contribution in [2.45, 2.75) is 0 Å². The number of thiocarbonyl (C=S) groups is 1. The monoisotopic (exact) mass is 248 g/mol. The van der Waals surface area contributed by atoms with Gasteiger partial charge in [0.15, 0.2) is 0 Å². The molecule has 0 unspecified atom stereocenters. The van der Waals surface area contributed by atoms with E-state index in [2.05, 4.69) is 61.2 Å². The van der Waals surface area contributed by atoms with Crippen molar-refractivity contribution in [1.29, 1.82) is 0 Å². The first-order chi connectivity index (χ1) is 7.50. The summed E-state index contributed by atoms with van der Waals surface area (Å²) in [5.41, 5.74) is 1.23. The third kappa shape index (κ3) is 2.13. The molecule has 0 fully saturated rings. The van der Waals surface area contributed by atoms with Crippen molar-refractivity contribution in [2.24, 2.45) is 0 Å². The highest BCUT2D eigenvalue weighted by molar-refractivity contribution is 8.49. The van der Waals surface area contributed by atoms with Gasteiger partial charge < -0.3 is 0 Å². The Morgan fingerprint density at radius 2 is 1.56 bits per heavy atom. The summed E-state index contributed by atoms with van der Waals surface area (Å²) in [5, 5.41) is 2.54. The topological polar surface area (TPSA) is 0 Å². The van der Waals surface area contributed by atoms with Crippen LogP contribution in [-0.2, 0) is 0 Å². The zero-order valence-electron chi connectivity index (χ0n) is 9.86. The Hall–Kier alpha value is -0.860. The number of rotatable bonds is 1. The molecule has 0 spiro atoms. The van der Waals surface area contributed by atoms with E-state index < -0.39 is 10.0 Å². The van der Waals surface area contributed by atoms with Crippen LogP contribution in [0.2, 0.25) is 0 Å². The molecule has 0 amide bonds. The Kier molecular flexibility index (Phi) is 3.04. The second kappa shape index (κ2) is 4.19. The molecule has 0 nitrogen and oxygen atoms in total. The number of fused-ring (bicyclic) bond motifs is 1. The van der Waals surface area contributed by atoms with Gasteiger partial charge in [-0.15, -0.1) is 0 Å². The summed E-state index contributed by atoms with van der Waals surface area (Å²) in [6.45, 7) is 0. The molecule has 0 bridgehead atoms. The van der Waals surface area contributed by atoms with E-state index >= 15 is 0 Å². The molecule has 0 aliphatic heterocycles. The minimum atomic E-state index is -0.816. The summed E-state index contributed by atoms with van der Waals surface area (Å²) >= 11 is 5.62. The average Bonchev–Trinajstić information content (AvgIpc) is 2.26. The Labute approximate surface area is 104 Å². The molecule has 2 aromatic carbocycles. The van der Waals surface area contributed by atoms with E-state index in [1.807, 2.05) is 0 Å². The van der Waals surface area contributed by atoms with Crippen molar-refractivity contribution >= 4 is 37.2 Å². The van der Waals surface area contributed by atoms with Gasteiger partial charge in [0, 0.05) is 5.56 Å². The molecule has 0 saturated carbocycles. The lowest BCUT2D eigenvalue weighted by Gasteiger charge is -2.27. The molecule has 0 saturated heterocycles. The van der Waals surface area contributed by atoms with Crippen molar-refractivity contribution in [1.82, 2.24) is 0 Å². The van der Waals surface area contributed by atoms with E-state index in [9.17, 15) is 0 Å². The van der Waals surface area contributed by atoms with E-state index in [0.717, 1.165) is 4.20 Å². The third-order valence-corrected chi connectivity index (χ3v) is 5.62.